The van der Waals surface area contributed by atoms with Crippen molar-refractivity contribution in [2.45, 2.75) is 6.04 Å². The minimum atomic E-state index is -1.09. The summed E-state index contributed by atoms with van der Waals surface area (Å²) in [6.45, 7) is 0. The van der Waals surface area contributed by atoms with Gasteiger partial charge in [0.2, 0.25) is 5.95 Å². The van der Waals surface area contributed by atoms with Gasteiger partial charge in [-0.25, -0.2) is 4.98 Å². The third-order valence-electron chi connectivity index (χ3n) is 5.35. The number of imidazole rings is 1. The highest BCUT2D eigenvalue weighted by molar-refractivity contribution is 6.51. The van der Waals surface area contributed by atoms with Gasteiger partial charge < -0.3 is 10.1 Å². The predicted octanol–water partition coefficient (Wildman–Crippen LogP) is 3.49. The zero-order chi connectivity index (χ0) is 23.1. The molecule has 5 rings (SSSR count). The summed E-state index contributed by atoms with van der Waals surface area (Å²) in [4.78, 5) is 49.7. The molecule has 2 N–H and O–H groups in total. The number of benzene rings is 2. The molecule has 1 fully saturated rings. The van der Waals surface area contributed by atoms with E-state index in [1.165, 1.54) is 24.4 Å². The quantitative estimate of drug-likeness (QED) is 0.162. The van der Waals surface area contributed by atoms with E-state index in [1.807, 2.05) is 0 Å². The molecule has 10 nitrogen and oxygen atoms in total. The number of nitro groups is 1. The van der Waals surface area contributed by atoms with Crippen LogP contribution in [0.2, 0.25) is 0 Å². The van der Waals surface area contributed by atoms with Crippen molar-refractivity contribution in [1.29, 1.82) is 0 Å². The number of hydrogen-bond acceptors (Lipinski definition) is 7. The number of aliphatic hydroxyl groups is 1. The predicted molar refractivity (Wildman–Crippen MR) is 118 cm³/mol. The van der Waals surface area contributed by atoms with E-state index < -0.39 is 28.4 Å². The van der Waals surface area contributed by atoms with Crippen molar-refractivity contribution in [3.63, 3.8) is 0 Å². The monoisotopic (exact) mass is 441 g/mol. The van der Waals surface area contributed by atoms with Crippen LogP contribution in [0.5, 0.6) is 0 Å². The molecule has 4 aromatic rings. The van der Waals surface area contributed by atoms with Gasteiger partial charge in [-0.1, -0.05) is 30.3 Å². The average Bonchev–Trinajstić information content (AvgIpc) is 3.38. The highest BCUT2D eigenvalue weighted by atomic mass is 16.6. The van der Waals surface area contributed by atoms with Gasteiger partial charge in [-0.05, 0) is 24.3 Å². The fraction of sp³-hybridized carbons (Fsp3) is 0.0435. The molecule has 2 aromatic carbocycles. The van der Waals surface area contributed by atoms with Crippen LogP contribution in [-0.4, -0.2) is 36.7 Å². The second-order valence-electron chi connectivity index (χ2n) is 7.31. The van der Waals surface area contributed by atoms with Gasteiger partial charge in [0.1, 0.15) is 11.8 Å². The number of fused-ring (bicyclic) bond motifs is 1. The molecule has 33 heavy (non-hydrogen) atoms. The number of hydrogen-bond donors (Lipinski definition) is 2. The Balaban J connectivity index is 1.73. The van der Waals surface area contributed by atoms with Crippen LogP contribution in [0.15, 0.2) is 78.5 Å². The Morgan fingerprint density at radius 1 is 1.06 bits per heavy atom. The zero-order valence-electron chi connectivity index (χ0n) is 16.9. The molecule has 0 bridgehead atoms. The van der Waals surface area contributed by atoms with Gasteiger partial charge in [-0.3, -0.25) is 29.6 Å². The number of H-pyrrole nitrogens is 1. The highest BCUT2D eigenvalue weighted by Crippen LogP contribution is 2.41. The van der Waals surface area contributed by atoms with Crippen LogP contribution in [-0.2, 0) is 9.59 Å². The van der Waals surface area contributed by atoms with Gasteiger partial charge in [0, 0.05) is 23.9 Å². The molecular weight excluding hydrogens is 426 g/mol. The Morgan fingerprint density at radius 2 is 1.85 bits per heavy atom. The standard InChI is InChI=1S/C23H15N5O5/c29-20(13-6-5-7-14(12-13)28(32)33)18-19(17-10-3-4-11-24-17)27(22(31)21(18)30)23-25-15-8-1-2-9-16(15)26-23/h1-12,19,29H,(H,25,26)/b20-18+. The summed E-state index contributed by atoms with van der Waals surface area (Å²) in [7, 11) is 0. The maximum atomic E-state index is 13.1. The number of carbonyl (C=O) groups excluding carboxylic acids is 2. The smallest absolute Gasteiger partial charge is 0.302 e. The van der Waals surface area contributed by atoms with Gasteiger partial charge in [-0.15, -0.1) is 0 Å². The number of non-ortho nitro benzene ring substituents is 1. The summed E-state index contributed by atoms with van der Waals surface area (Å²) in [6, 6.07) is 16.2. The number of aromatic amines is 1. The number of rotatable bonds is 4. The van der Waals surface area contributed by atoms with Gasteiger partial charge >= 0.3 is 5.91 Å². The number of amides is 1. The van der Waals surface area contributed by atoms with Crippen LogP contribution in [0.4, 0.5) is 11.6 Å². The first-order chi connectivity index (χ1) is 16.0. The Bertz CT molecular complexity index is 1430. The Hall–Kier alpha value is -4.86. The van der Waals surface area contributed by atoms with E-state index in [-0.39, 0.29) is 22.8 Å². The first-order valence-electron chi connectivity index (χ1n) is 9.87. The third kappa shape index (κ3) is 3.30. The summed E-state index contributed by atoms with van der Waals surface area (Å²) in [6.07, 6.45) is 1.50. The van der Waals surface area contributed by atoms with Crippen molar-refractivity contribution in [3.8, 4) is 0 Å². The number of Topliss-reactive ketones (excluding diaryl/α,β-unsaturated/α-hetero) is 1. The SMILES string of the molecule is O=C1C(=O)N(c2nc3ccccc3[nH]2)C(c2ccccn2)/C1=C(\O)c1cccc([N+](=O)[O-])c1. The minimum absolute atomic E-state index is 0.0349. The van der Waals surface area contributed by atoms with E-state index in [0.717, 1.165) is 11.0 Å². The molecule has 1 aliphatic rings. The fourth-order valence-electron chi connectivity index (χ4n) is 3.84. The molecule has 3 heterocycles. The maximum Gasteiger partial charge on any atom is 0.302 e. The molecule has 0 aliphatic carbocycles. The summed E-state index contributed by atoms with van der Waals surface area (Å²) in [5.41, 5.74) is 1.11. The third-order valence-corrected chi connectivity index (χ3v) is 5.35. The molecule has 10 heteroatoms. The van der Waals surface area contributed by atoms with Crippen molar-refractivity contribution in [2.24, 2.45) is 0 Å². The fourth-order valence-corrected chi connectivity index (χ4v) is 3.84. The second-order valence-corrected chi connectivity index (χ2v) is 7.31. The van der Waals surface area contributed by atoms with Crippen molar-refractivity contribution in [3.05, 3.63) is 99.9 Å². The van der Waals surface area contributed by atoms with Crippen LogP contribution in [0.3, 0.4) is 0 Å². The van der Waals surface area contributed by atoms with E-state index in [4.69, 9.17) is 0 Å². The number of carbonyl (C=O) groups is 2. The van der Waals surface area contributed by atoms with E-state index in [1.54, 1.807) is 42.5 Å². The molecule has 1 saturated heterocycles. The molecule has 1 amide bonds. The van der Waals surface area contributed by atoms with E-state index in [2.05, 4.69) is 15.0 Å². The number of anilines is 1. The van der Waals surface area contributed by atoms with Gasteiger partial charge in [0.25, 0.3) is 11.5 Å². The van der Waals surface area contributed by atoms with Gasteiger partial charge in [0.15, 0.2) is 0 Å². The lowest BCUT2D eigenvalue weighted by Gasteiger charge is -2.22. The molecule has 1 aliphatic heterocycles. The normalized spacial score (nSPS) is 17.6. The number of para-hydroxylation sites is 2. The lowest BCUT2D eigenvalue weighted by Crippen LogP contribution is -2.30. The zero-order valence-corrected chi connectivity index (χ0v) is 16.9. The molecule has 2 aromatic heterocycles. The number of pyridine rings is 1. The van der Waals surface area contributed by atoms with Crippen molar-refractivity contribution in [2.75, 3.05) is 4.90 Å². The maximum absolute atomic E-state index is 13.1. The van der Waals surface area contributed by atoms with Gasteiger partial charge in [0.05, 0.1) is 27.2 Å². The summed E-state index contributed by atoms with van der Waals surface area (Å²) in [5.74, 6) is -2.27. The number of nitrogens with zero attached hydrogens (tertiary/aromatic N) is 4. The van der Waals surface area contributed by atoms with Crippen molar-refractivity contribution >= 4 is 40.1 Å². The van der Waals surface area contributed by atoms with Crippen molar-refractivity contribution in [1.82, 2.24) is 15.0 Å². The second kappa shape index (κ2) is 7.68. The molecule has 162 valence electrons. The van der Waals surface area contributed by atoms with Crippen LogP contribution < -0.4 is 4.90 Å². The number of nitrogens with one attached hydrogen (secondary N) is 1. The first-order valence-corrected chi connectivity index (χ1v) is 9.87. The number of aromatic nitrogens is 3. The molecule has 1 unspecified atom stereocenters. The lowest BCUT2D eigenvalue weighted by atomic mass is 9.98. The van der Waals surface area contributed by atoms with E-state index >= 15 is 0 Å². The van der Waals surface area contributed by atoms with Crippen LogP contribution in [0.25, 0.3) is 16.8 Å². The Kier molecular flexibility index (Phi) is 4.67. The topological polar surface area (TPSA) is 142 Å². The molecular formula is C23H15N5O5. The molecule has 0 saturated carbocycles. The summed E-state index contributed by atoms with van der Waals surface area (Å²) < 4.78 is 0. The molecule has 0 radical (unpaired) electrons. The first kappa shape index (κ1) is 20.1. The van der Waals surface area contributed by atoms with E-state index in [0.29, 0.717) is 16.7 Å². The van der Waals surface area contributed by atoms with Gasteiger partial charge in [-0.2, -0.15) is 0 Å². The number of aliphatic hydroxyl groups excluding tert-OH is 1. The van der Waals surface area contributed by atoms with Crippen LogP contribution in [0, 0.1) is 10.1 Å². The Morgan fingerprint density at radius 3 is 2.58 bits per heavy atom. The molecule has 0 spiro atoms. The minimum Gasteiger partial charge on any atom is -0.507 e. The number of ketones is 1. The Labute approximate surface area is 186 Å². The summed E-state index contributed by atoms with van der Waals surface area (Å²) in [5, 5.41) is 22.2. The van der Waals surface area contributed by atoms with Crippen molar-refractivity contribution < 1.29 is 19.6 Å². The van der Waals surface area contributed by atoms with Crippen LogP contribution >= 0.6 is 0 Å². The largest absolute Gasteiger partial charge is 0.507 e. The highest BCUT2D eigenvalue weighted by Gasteiger charge is 2.48. The van der Waals surface area contributed by atoms with Crippen LogP contribution in [0.1, 0.15) is 17.3 Å². The molecule has 1 atom stereocenters. The lowest BCUT2D eigenvalue weighted by molar-refractivity contribution is -0.384. The summed E-state index contributed by atoms with van der Waals surface area (Å²) >= 11 is 0. The average molecular weight is 441 g/mol. The number of nitro benzene ring substituents is 1. The van der Waals surface area contributed by atoms with E-state index in [9.17, 15) is 24.8 Å².